The number of hydrogen-bond acceptors (Lipinski definition) is 0. The molecule has 1 fully saturated rings. The third kappa shape index (κ3) is 2.77. The fourth-order valence-electron chi connectivity index (χ4n) is 4.30. The minimum atomic E-state index is 0.207. The van der Waals surface area contributed by atoms with Gasteiger partial charge in [-0.1, -0.05) is 58.7 Å². The molecule has 0 amide bonds. The number of benzene rings is 1. The van der Waals surface area contributed by atoms with E-state index in [1.165, 1.54) is 49.7 Å². The molecule has 0 bridgehead atoms. The third-order valence-corrected chi connectivity index (χ3v) is 6.62. The van der Waals surface area contributed by atoms with E-state index in [4.69, 9.17) is 11.6 Å². The van der Waals surface area contributed by atoms with Crippen LogP contribution in [0, 0.1) is 5.92 Å². The van der Waals surface area contributed by atoms with Crippen molar-refractivity contribution in [3.63, 3.8) is 0 Å². The van der Waals surface area contributed by atoms with Gasteiger partial charge in [0.2, 0.25) is 0 Å². The lowest BCUT2D eigenvalue weighted by atomic mass is 9.63. The first-order chi connectivity index (χ1) is 9.81. The summed E-state index contributed by atoms with van der Waals surface area (Å²) in [6, 6.07) is 7.11. The molecule has 2 aliphatic rings. The molecule has 0 nitrogen and oxygen atoms in total. The van der Waals surface area contributed by atoms with Crippen LogP contribution in [0.3, 0.4) is 0 Å². The van der Waals surface area contributed by atoms with Crippen molar-refractivity contribution in [1.82, 2.24) is 0 Å². The molecule has 0 N–H and O–H groups in total. The zero-order chi connectivity index (χ0) is 15.3. The Morgan fingerprint density at radius 2 is 1.52 bits per heavy atom. The average Bonchev–Trinajstić information content (AvgIpc) is 2.97. The third-order valence-electron chi connectivity index (χ3n) is 6.01. The molecule has 1 aromatic rings. The van der Waals surface area contributed by atoms with Crippen LogP contribution in [0.2, 0.25) is 0 Å². The predicted molar refractivity (Wildman–Crippen MR) is 92.3 cm³/mol. The fraction of sp³-hybridized carbons (Fsp3) is 0.700. The molecule has 3 rings (SSSR count). The van der Waals surface area contributed by atoms with Crippen LogP contribution in [-0.4, -0.2) is 0 Å². The maximum Gasteiger partial charge on any atom is 0.0613 e. The highest BCUT2D eigenvalue weighted by molar-refractivity contribution is 6.21. The van der Waals surface area contributed by atoms with Gasteiger partial charge < -0.3 is 0 Å². The van der Waals surface area contributed by atoms with Gasteiger partial charge in [0.05, 0.1) is 5.38 Å². The summed E-state index contributed by atoms with van der Waals surface area (Å²) in [7, 11) is 0. The zero-order valence-corrected chi connectivity index (χ0v) is 14.8. The second-order valence-electron chi connectivity index (χ2n) is 8.52. The summed E-state index contributed by atoms with van der Waals surface area (Å²) in [5.74, 6) is 0.685. The second-order valence-corrected chi connectivity index (χ2v) is 8.99. The van der Waals surface area contributed by atoms with Crippen LogP contribution >= 0.6 is 11.6 Å². The van der Waals surface area contributed by atoms with Crippen LogP contribution in [0.15, 0.2) is 18.2 Å². The van der Waals surface area contributed by atoms with Crippen molar-refractivity contribution < 1.29 is 0 Å². The largest absolute Gasteiger partial charge is 0.118 e. The molecule has 1 unspecified atom stereocenters. The molecule has 1 aromatic carbocycles. The quantitative estimate of drug-likeness (QED) is 0.547. The van der Waals surface area contributed by atoms with Gasteiger partial charge in [-0.25, -0.2) is 0 Å². The van der Waals surface area contributed by atoms with Gasteiger partial charge in [-0.05, 0) is 59.1 Å². The van der Waals surface area contributed by atoms with Crippen LogP contribution < -0.4 is 0 Å². The summed E-state index contributed by atoms with van der Waals surface area (Å²) in [6.45, 7) is 9.55. The Balaban J connectivity index is 1.99. The molecule has 0 aliphatic heterocycles. The number of alkyl halides is 1. The van der Waals surface area contributed by atoms with Gasteiger partial charge >= 0.3 is 0 Å². The summed E-state index contributed by atoms with van der Waals surface area (Å²) in [5.41, 5.74) is 5.02. The topological polar surface area (TPSA) is 0 Å². The van der Waals surface area contributed by atoms with E-state index in [1.807, 2.05) is 0 Å². The van der Waals surface area contributed by atoms with Crippen LogP contribution in [0.25, 0.3) is 0 Å². The SMILES string of the molecule is CC1(C)CCC(C)(C)c2cc(C(Cl)C3CCCC3)ccc21. The van der Waals surface area contributed by atoms with E-state index < -0.39 is 0 Å². The number of rotatable bonds is 2. The molecule has 1 heteroatoms. The Morgan fingerprint density at radius 1 is 0.952 bits per heavy atom. The van der Waals surface area contributed by atoms with Crippen molar-refractivity contribution >= 4 is 11.6 Å². The molecule has 21 heavy (non-hydrogen) atoms. The van der Waals surface area contributed by atoms with E-state index in [9.17, 15) is 0 Å². The predicted octanol–water partition coefficient (Wildman–Crippen LogP) is 6.51. The highest BCUT2D eigenvalue weighted by Crippen LogP contribution is 2.48. The molecule has 0 spiro atoms. The maximum absolute atomic E-state index is 6.82. The first-order valence-electron chi connectivity index (χ1n) is 8.60. The Hall–Kier alpha value is -0.490. The van der Waals surface area contributed by atoms with Crippen molar-refractivity contribution in [1.29, 1.82) is 0 Å². The van der Waals surface area contributed by atoms with Crippen LogP contribution in [0.5, 0.6) is 0 Å². The Bertz CT molecular complexity index is 521. The molecule has 1 atom stereocenters. The summed E-state index contributed by atoms with van der Waals surface area (Å²) < 4.78 is 0. The summed E-state index contributed by atoms with van der Waals surface area (Å²) >= 11 is 6.82. The van der Waals surface area contributed by atoms with Crippen molar-refractivity contribution in [2.45, 2.75) is 82.4 Å². The van der Waals surface area contributed by atoms with Gasteiger partial charge in [0.25, 0.3) is 0 Å². The second kappa shape index (κ2) is 5.30. The van der Waals surface area contributed by atoms with Crippen LogP contribution in [0.1, 0.15) is 88.3 Å². The molecule has 0 heterocycles. The Morgan fingerprint density at radius 3 is 2.14 bits per heavy atom. The first-order valence-corrected chi connectivity index (χ1v) is 9.04. The molecule has 1 saturated carbocycles. The fourth-order valence-corrected chi connectivity index (χ4v) is 4.69. The molecular formula is C20H29Cl. The molecule has 0 aromatic heterocycles. The van der Waals surface area contributed by atoms with Gasteiger partial charge in [0.15, 0.2) is 0 Å². The summed E-state index contributed by atoms with van der Waals surface area (Å²) in [4.78, 5) is 0. The average molecular weight is 305 g/mol. The molecule has 116 valence electrons. The number of hydrogen-bond donors (Lipinski definition) is 0. The Kier molecular flexibility index (Phi) is 3.89. The minimum absolute atomic E-state index is 0.207. The lowest BCUT2D eigenvalue weighted by molar-refractivity contribution is 0.331. The van der Waals surface area contributed by atoms with Gasteiger partial charge in [0.1, 0.15) is 0 Å². The number of halogens is 1. The summed E-state index contributed by atoms with van der Waals surface area (Å²) in [5, 5.41) is 0.207. The van der Waals surface area contributed by atoms with E-state index in [2.05, 4.69) is 45.9 Å². The zero-order valence-electron chi connectivity index (χ0n) is 14.0. The van der Waals surface area contributed by atoms with Crippen molar-refractivity contribution in [3.8, 4) is 0 Å². The van der Waals surface area contributed by atoms with E-state index in [-0.39, 0.29) is 10.8 Å². The van der Waals surface area contributed by atoms with Gasteiger partial charge in [-0.15, -0.1) is 11.6 Å². The summed E-state index contributed by atoms with van der Waals surface area (Å²) in [6.07, 6.45) is 7.88. The molecule has 0 saturated heterocycles. The van der Waals surface area contributed by atoms with E-state index in [0.717, 1.165) is 0 Å². The monoisotopic (exact) mass is 304 g/mol. The highest BCUT2D eigenvalue weighted by Gasteiger charge is 2.37. The molecular weight excluding hydrogens is 276 g/mol. The van der Waals surface area contributed by atoms with Gasteiger partial charge in [-0.2, -0.15) is 0 Å². The van der Waals surface area contributed by atoms with Crippen molar-refractivity contribution in [2.24, 2.45) is 5.92 Å². The lowest BCUT2D eigenvalue weighted by Crippen LogP contribution is -2.34. The van der Waals surface area contributed by atoms with E-state index >= 15 is 0 Å². The van der Waals surface area contributed by atoms with Crippen molar-refractivity contribution in [2.75, 3.05) is 0 Å². The molecule has 0 radical (unpaired) electrons. The number of fused-ring (bicyclic) bond motifs is 1. The molecule has 2 aliphatic carbocycles. The van der Waals surface area contributed by atoms with Crippen LogP contribution in [-0.2, 0) is 10.8 Å². The standard InChI is InChI=1S/C20H29Cl/c1-19(2)11-12-20(3,4)17-13-15(9-10-16(17)19)18(21)14-7-5-6-8-14/h9-10,13-14,18H,5-8,11-12H2,1-4H3. The smallest absolute Gasteiger partial charge is 0.0613 e. The normalized spacial score (nSPS) is 25.6. The maximum atomic E-state index is 6.82. The Labute approximate surface area is 135 Å². The lowest BCUT2D eigenvalue weighted by Gasteiger charge is -2.42. The van der Waals surface area contributed by atoms with Crippen molar-refractivity contribution in [3.05, 3.63) is 34.9 Å². The van der Waals surface area contributed by atoms with E-state index in [1.54, 1.807) is 5.56 Å². The van der Waals surface area contributed by atoms with Gasteiger partial charge in [0, 0.05) is 0 Å². The highest BCUT2D eigenvalue weighted by atomic mass is 35.5. The van der Waals surface area contributed by atoms with E-state index in [0.29, 0.717) is 11.3 Å². The van der Waals surface area contributed by atoms with Gasteiger partial charge in [-0.3, -0.25) is 0 Å². The minimum Gasteiger partial charge on any atom is -0.118 e. The van der Waals surface area contributed by atoms with Crippen LogP contribution in [0.4, 0.5) is 0 Å². The first kappa shape index (κ1) is 15.4.